The summed E-state index contributed by atoms with van der Waals surface area (Å²) in [6.45, 7) is 2.99. The number of pyridine rings is 1. The summed E-state index contributed by atoms with van der Waals surface area (Å²) in [5.74, 6) is 1.10. The summed E-state index contributed by atoms with van der Waals surface area (Å²) in [5.41, 5.74) is 7.01. The predicted molar refractivity (Wildman–Crippen MR) is 78.5 cm³/mol. The summed E-state index contributed by atoms with van der Waals surface area (Å²) in [5, 5.41) is 10.5. The van der Waals surface area contributed by atoms with E-state index < -0.39 is 0 Å². The Morgan fingerprint density at radius 3 is 3.05 bits per heavy atom. The van der Waals surface area contributed by atoms with E-state index in [2.05, 4.69) is 19.7 Å². The molecule has 0 fully saturated rings. The first-order chi connectivity index (χ1) is 9.74. The molecule has 0 unspecified atom stereocenters. The van der Waals surface area contributed by atoms with Gasteiger partial charge in [0, 0.05) is 25.2 Å². The summed E-state index contributed by atoms with van der Waals surface area (Å²) in [4.78, 5) is 4.40. The lowest BCUT2D eigenvalue weighted by Crippen LogP contribution is -2.05. The fraction of sp³-hybridized carbons (Fsp3) is 0.500. The molecule has 3 rings (SSSR count). The quantitative estimate of drug-likeness (QED) is 0.940. The lowest BCUT2D eigenvalue weighted by Gasteiger charge is -2.08. The number of hydrogen-bond acceptors (Lipinski definition) is 5. The van der Waals surface area contributed by atoms with Crippen LogP contribution in [0.2, 0.25) is 0 Å². The average molecular weight is 289 g/mol. The van der Waals surface area contributed by atoms with E-state index in [1.165, 1.54) is 19.3 Å². The van der Waals surface area contributed by atoms with Crippen LogP contribution in [-0.4, -0.2) is 19.7 Å². The van der Waals surface area contributed by atoms with Crippen molar-refractivity contribution in [3.63, 3.8) is 0 Å². The van der Waals surface area contributed by atoms with Gasteiger partial charge < -0.3 is 10.3 Å². The van der Waals surface area contributed by atoms with Gasteiger partial charge in [-0.05, 0) is 49.2 Å². The Morgan fingerprint density at radius 1 is 1.30 bits per heavy atom. The maximum atomic E-state index is 5.92. The Morgan fingerprint density at radius 2 is 2.20 bits per heavy atom. The lowest BCUT2D eigenvalue weighted by molar-refractivity contribution is 0.590. The maximum Gasteiger partial charge on any atom is 0.197 e. The Hall–Kier alpha value is -1.40. The van der Waals surface area contributed by atoms with E-state index in [0.717, 1.165) is 34.5 Å². The Balaban J connectivity index is 1.84. The number of nitrogens with zero attached hydrogens (tertiary/aromatic N) is 4. The van der Waals surface area contributed by atoms with E-state index in [-0.39, 0.29) is 6.04 Å². The highest BCUT2D eigenvalue weighted by Crippen LogP contribution is 2.28. The molecule has 0 aliphatic carbocycles. The molecule has 3 heterocycles. The van der Waals surface area contributed by atoms with E-state index in [9.17, 15) is 0 Å². The van der Waals surface area contributed by atoms with E-state index in [0.29, 0.717) is 0 Å². The molecule has 5 nitrogen and oxygen atoms in total. The molecule has 0 amide bonds. The normalized spacial score (nSPS) is 16.5. The molecule has 2 aromatic rings. The fourth-order valence-electron chi connectivity index (χ4n) is 2.39. The third-order valence-electron chi connectivity index (χ3n) is 3.56. The highest BCUT2D eigenvalue weighted by molar-refractivity contribution is 7.99. The molecule has 106 valence electrons. The Bertz CT molecular complexity index is 593. The van der Waals surface area contributed by atoms with Crippen molar-refractivity contribution >= 4 is 11.8 Å². The minimum atomic E-state index is 0.0212. The number of hydrogen-bond donors (Lipinski definition) is 1. The summed E-state index contributed by atoms with van der Waals surface area (Å²) >= 11 is 1.57. The fourth-order valence-corrected chi connectivity index (χ4v) is 3.28. The van der Waals surface area contributed by atoms with Crippen LogP contribution in [0.1, 0.15) is 43.6 Å². The SMILES string of the molecule is C[C@@H](N)c1ccnc(Sc2nnc3n2CCCCC3)c1. The van der Waals surface area contributed by atoms with Crippen molar-refractivity contribution in [3.8, 4) is 0 Å². The predicted octanol–water partition coefficient (Wildman–Crippen LogP) is 2.57. The topological polar surface area (TPSA) is 69.6 Å². The van der Waals surface area contributed by atoms with Gasteiger partial charge in [0.05, 0.1) is 0 Å². The molecule has 1 aliphatic rings. The van der Waals surface area contributed by atoms with E-state index in [1.807, 2.05) is 19.1 Å². The first-order valence-electron chi connectivity index (χ1n) is 7.05. The van der Waals surface area contributed by atoms with Crippen molar-refractivity contribution in [1.29, 1.82) is 0 Å². The van der Waals surface area contributed by atoms with Gasteiger partial charge in [0.25, 0.3) is 0 Å². The van der Waals surface area contributed by atoms with Crippen LogP contribution >= 0.6 is 11.8 Å². The van der Waals surface area contributed by atoms with Gasteiger partial charge in [-0.2, -0.15) is 0 Å². The number of rotatable bonds is 3. The lowest BCUT2D eigenvalue weighted by atomic mass is 10.1. The van der Waals surface area contributed by atoms with Gasteiger partial charge in [0.15, 0.2) is 5.16 Å². The van der Waals surface area contributed by atoms with Gasteiger partial charge >= 0.3 is 0 Å². The van der Waals surface area contributed by atoms with E-state index >= 15 is 0 Å². The van der Waals surface area contributed by atoms with Crippen LogP contribution in [0.3, 0.4) is 0 Å². The molecule has 2 N–H and O–H groups in total. The molecular formula is C14H19N5S. The molecule has 6 heteroatoms. The maximum absolute atomic E-state index is 5.92. The third-order valence-corrected chi connectivity index (χ3v) is 4.47. The first kappa shape index (κ1) is 13.6. The zero-order valence-electron chi connectivity index (χ0n) is 11.6. The average Bonchev–Trinajstić information content (AvgIpc) is 2.68. The van der Waals surface area contributed by atoms with Crippen LogP contribution < -0.4 is 5.73 Å². The van der Waals surface area contributed by atoms with Crippen molar-refractivity contribution in [2.75, 3.05) is 0 Å². The molecule has 0 saturated carbocycles. The molecule has 1 atom stereocenters. The standard InChI is InChI=1S/C14H19N5S/c1-10(15)11-6-7-16-13(9-11)20-14-18-17-12-5-3-2-4-8-19(12)14/h6-7,9-10H,2-5,8,15H2,1H3/t10-/m1/s1. The molecule has 0 spiro atoms. The van der Waals surface area contributed by atoms with Gasteiger partial charge in [-0.3, -0.25) is 0 Å². The second-order valence-corrected chi connectivity index (χ2v) is 6.17. The van der Waals surface area contributed by atoms with Crippen LogP contribution in [0.15, 0.2) is 28.5 Å². The minimum Gasteiger partial charge on any atom is -0.324 e. The van der Waals surface area contributed by atoms with E-state index in [1.54, 1.807) is 18.0 Å². The molecule has 0 radical (unpaired) electrons. The van der Waals surface area contributed by atoms with Gasteiger partial charge in [0.1, 0.15) is 10.9 Å². The van der Waals surface area contributed by atoms with Gasteiger partial charge in [-0.1, -0.05) is 6.42 Å². The van der Waals surface area contributed by atoms with Crippen molar-refractivity contribution in [2.24, 2.45) is 5.73 Å². The molecule has 20 heavy (non-hydrogen) atoms. The van der Waals surface area contributed by atoms with Crippen molar-refractivity contribution in [3.05, 3.63) is 29.7 Å². The van der Waals surface area contributed by atoms with Gasteiger partial charge in [-0.25, -0.2) is 4.98 Å². The van der Waals surface area contributed by atoms with Crippen LogP contribution in [0.5, 0.6) is 0 Å². The van der Waals surface area contributed by atoms with Crippen molar-refractivity contribution < 1.29 is 0 Å². The molecule has 0 aromatic carbocycles. The largest absolute Gasteiger partial charge is 0.324 e. The first-order valence-corrected chi connectivity index (χ1v) is 7.87. The van der Waals surface area contributed by atoms with Crippen LogP contribution in [0, 0.1) is 0 Å². The van der Waals surface area contributed by atoms with Crippen molar-refractivity contribution in [1.82, 2.24) is 19.7 Å². The number of fused-ring (bicyclic) bond motifs is 1. The van der Waals surface area contributed by atoms with Crippen LogP contribution in [0.25, 0.3) is 0 Å². The summed E-state index contributed by atoms with van der Waals surface area (Å²) < 4.78 is 2.23. The summed E-state index contributed by atoms with van der Waals surface area (Å²) in [6, 6.07) is 4.01. The summed E-state index contributed by atoms with van der Waals surface area (Å²) in [7, 11) is 0. The number of nitrogens with two attached hydrogens (primary N) is 1. The molecule has 1 aliphatic heterocycles. The van der Waals surface area contributed by atoms with Crippen LogP contribution in [-0.2, 0) is 13.0 Å². The molecule has 2 aromatic heterocycles. The van der Waals surface area contributed by atoms with E-state index in [4.69, 9.17) is 5.73 Å². The second kappa shape index (κ2) is 5.93. The highest BCUT2D eigenvalue weighted by atomic mass is 32.2. The number of aromatic nitrogens is 4. The van der Waals surface area contributed by atoms with Crippen LogP contribution in [0.4, 0.5) is 0 Å². The Labute approximate surface area is 123 Å². The highest BCUT2D eigenvalue weighted by Gasteiger charge is 2.16. The second-order valence-electron chi connectivity index (χ2n) is 5.18. The zero-order chi connectivity index (χ0) is 13.9. The number of aryl methyl sites for hydroxylation is 1. The zero-order valence-corrected chi connectivity index (χ0v) is 12.4. The smallest absolute Gasteiger partial charge is 0.197 e. The van der Waals surface area contributed by atoms with Crippen molar-refractivity contribution in [2.45, 2.75) is 55.4 Å². The summed E-state index contributed by atoms with van der Waals surface area (Å²) in [6.07, 6.45) is 6.51. The minimum absolute atomic E-state index is 0.0212. The molecule has 0 bridgehead atoms. The third kappa shape index (κ3) is 2.86. The monoisotopic (exact) mass is 289 g/mol. The van der Waals surface area contributed by atoms with Gasteiger partial charge in [-0.15, -0.1) is 10.2 Å². The molecular weight excluding hydrogens is 270 g/mol. The van der Waals surface area contributed by atoms with Gasteiger partial charge in [0.2, 0.25) is 0 Å². The Kier molecular flexibility index (Phi) is 4.03. The molecule has 0 saturated heterocycles.